The lowest BCUT2D eigenvalue weighted by Gasteiger charge is -2.24. The van der Waals surface area contributed by atoms with Crippen LogP contribution in [0, 0.1) is 5.82 Å². The van der Waals surface area contributed by atoms with Crippen molar-refractivity contribution in [3.05, 3.63) is 103 Å². The highest BCUT2D eigenvalue weighted by Crippen LogP contribution is 2.24. The van der Waals surface area contributed by atoms with Crippen molar-refractivity contribution in [1.29, 1.82) is 0 Å². The molecule has 10 nitrogen and oxygen atoms in total. The molecule has 0 atom stereocenters. The lowest BCUT2D eigenvalue weighted by Crippen LogP contribution is -2.38. The molecule has 1 aromatic heterocycles. The van der Waals surface area contributed by atoms with Gasteiger partial charge in [-0.2, -0.15) is 0 Å². The Balaban J connectivity index is 1.51. The van der Waals surface area contributed by atoms with Gasteiger partial charge in [-0.3, -0.25) is 9.10 Å². The molecule has 13 heteroatoms. The number of aromatic nitrogens is 2. The number of hydrogen-bond acceptors (Lipinski definition) is 7. The summed E-state index contributed by atoms with van der Waals surface area (Å²) in [6.07, 6.45) is 2.77. The Morgan fingerprint density at radius 2 is 1.38 bits per heavy atom. The normalized spacial score (nSPS) is 11.5. The second-order valence-corrected chi connectivity index (χ2v) is 11.1. The van der Waals surface area contributed by atoms with Crippen molar-refractivity contribution in [1.82, 2.24) is 9.97 Å². The van der Waals surface area contributed by atoms with E-state index in [-0.39, 0.29) is 27.1 Å². The molecule has 0 unspecified atom stereocenters. The molecule has 1 heterocycles. The number of carbonyl (C=O) groups excluding carboxylic acids is 1. The van der Waals surface area contributed by atoms with E-state index in [2.05, 4.69) is 20.0 Å². The van der Waals surface area contributed by atoms with E-state index in [1.165, 1.54) is 48.8 Å². The van der Waals surface area contributed by atoms with Crippen LogP contribution < -0.4 is 14.3 Å². The fourth-order valence-corrected chi connectivity index (χ4v) is 5.60. The van der Waals surface area contributed by atoms with Crippen LogP contribution in [0.5, 0.6) is 0 Å². The smallest absolute Gasteiger partial charge is 0.264 e. The van der Waals surface area contributed by atoms with Gasteiger partial charge in [0.1, 0.15) is 12.4 Å². The number of para-hydroxylation sites is 1. The lowest BCUT2D eigenvalue weighted by molar-refractivity contribution is -0.114. The van der Waals surface area contributed by atoms with Gasteiger partial charge in [0.2, 0.25) is 11.9 Å². The first-order valence-corrected chi connectivity index (χ1v) is 13.6. The number of hydrogen-bond donors (Lipinski definition) is 2. The van der Waals surface area contributed by atoms with Crippen LogP contribution in [-0.4, -0.2) is 39.3 Å². The standard InChI is InChI=1S/C24H20FN5O5S2/c25-18-7-11-22(12-8-18)37(34,35)30(20-5-2-1-3-6-20)17-23(31)28-19-9-13-21(14-10-19)36(32,33)29-24-26-15-4-16-27-24/h1-16H,17H2,(H,28,31)(H,26,27,29). The average Bonchev–Trinajstić information content (AvgIpc) is 2.88. The van der Waals surface area contributed by atoms with Crippen LogP contribution in [0.4, 0.5) is 21.7 Å². The second-order valence-electron chi connectivity index (χ2n) is 7.55. The highest BCUT2D eigenvalue weighted by atomic mass is 32.2. The maximum Gasteiger partial charge on any atom is 0.264 e. The second kappa shape index (κ2) is 10.7. The van der Waals surface area contributed by atoms with Gasteiger partial charge in [-0.15, -0.1) is 0 Å². The highest BCUT2D eigenvalue weighted by Gasteiger charge is 2.27. The Morgan fingerprint density at radius 1 is 0.784 bits per heavy atom. The number of halogens is 1. The van der Waals surface area contributed by atoms with Crippen molar-refractivity contribution in [2.45, 2.75) is 9.79 Å². The van der Waals surface area contributed by atoms with Crippen molar-refractivity contribution in [2.75, 3.05) is 20.9 Å². The minimum absolute atomic E-state index is 0.0942. The molecule has 0 spiro atoms. The third kappa shape index (κ3) is 6.26. The molecule has 4 aromatic rings. The maximum absolute atomic E-state index is 13.3. The van der Waals surface area contributed by atoms with Crippen LogP contribution in [0.3, 0.4) is 0 Å². The minimum atomic E-state index is -4.21. The third-order valence-corrected chi connectivity index (χ3v) is 8.10. The van der Waals surface area contributed by atoms with E-state index in [0.29, 0.717) is 0 Å². The first kappa shape index (κ1) is 25.7. The topological polar surface area (TPSA) is 138 Å². The highest BCUT2D eigenvalue weighted by molar-refractivity contribution is 7.93. The Bertz CT molecular complexity index is 1590. The van der Waals surface area contributed by atoms with Crippen LogP contribution in [0.2, 0.25) is 0 Å². The van der Waals surface area contributed by atoms with E-state index in [1.54, 1.807) is 24.3 Å². The molecule has 4 rings (SSSR count). The van der Waals surface area contributed by atoms with E-state index < -0.39 is 38.3 Å². The van der Waals surface area contributed by atoms with Crippen LogP contribution in [-0.2, 0) is 24.8 Å². The van der Waals surface area contributed by atoms with Crippen LogP contribution in [0.15, 0.2) is 107 Å². The summed E-state index contributed by atoms with van der Waals surface area (Å²) in [5.74, 6) is -1.37. The van der Waals surface area contributed by atoms with Crippen molar-refractivity contribution in [3.8, 4) is 0 Å². The molecule has 1 amide bonds. The van der Waals surface area contributed by atoms with E-state index in [0.717, 1.165) is 28.6 Å². The quantitative estimate of drug-likeness (QED) is 0.332. The van der Waals surface area contributed by atoms with Crippen LogP contribution in [0.25, 0.3) is 0 Å². The minimum Gasteiger partial charge on any atom is -0.325 e. The molecule has 0 saturated carbocycles. The summed E-state index contributed by atoms with van der Waals surface area (Å²) in [7, 11) is -8.18. The molecule has 0 aliphatic rings. The van der Waals surface area contributed by atoms with Gasteiger partial charge in [-0.05, 0) is 66.7 Å². The number of nitrogens with zero attached hydrogens (tertiary/aromatic N) is 3. The zero-order valence-electron chi connectivity index (χ0n) is 19.0. The molecular weight excluding hydrogens is 521 g/mol. The SMILES string of the molecule is O=C(CN(c1ccccc1)S(=O)(=O)c1ccc(F)cc1)Nc1ccc(S(=O)(=O)Nc2ncccn2)cc1. The van der Waals surface area contributed by atoms with E-state index >= 15 is 0 Å². The maximum atomic E-state index is 13.3. The monoisotopic (exact) mass is 541 g/mol. The number of sulfonamides is 2. The summed E-state index contributed by atoms with van der Waals surface area (Å²) >= 11 is 0. The summed E-state index contributed by atoms with van der Waals surface area (Å²) in [6.45, 7) is -0.587. The molecule has 0 aliphatic carbocycles. The molecule has 0 radical (unpaired) electrons. The van der Waals surface area contributed by atoms with Crippen LogP contribution in [0.1, 0.15) is 0 Å². The van der Waals surface area contributed by atoms with Crippen LogP contribution >= 0.6 is 0 Å². The predicted molar refractivity (Wildman–Crippen MR) is 135 cm³/mol. The summed E-state index contributed by atoms with van der Waals surface area (Å²) in [5.41, 5.74) is 0.477. The first-order chi connectivity index (χ1) is 17.6. The van der Waals surface area contributed by atoms with Gasteiger partial charge < -0.3 is 5.32 Å². The number of benzene rings is 3. The zero-order chi connectivity index (χ0) is 26.5. The first-order valence-electron chi connectivity index (χ1n) is 10.7. The summed E-state index contributed by atoms with van der Waals surface area (Å²) < 4.78 is 68.1. The number of amides is 1. The van der Waals surface area contributed by atoms with Gasteiger partial charge in [0, 0.05) is 18.1 Å². The van der Waals surface area contributed by atoms with E-state index in [1.807, 2.05) is 0 Å². The fourth-order valence-electron chi connectivity index (χ4n) is 3.22. The summed E-state index contributed by atoms with van der Waals surface area (Å²) in [5, 5.41) is 2.56. The molecule has 37 heavy (non-hydrogen) atoms. The fraction of sp³-hybridized carbons (Fsp3) is 0.0417. The molecule has 0 bridgehead atoms. The molecule has 190 valence electrons. The molecule has 0 fully saturated rings. The van der Waals surface area contributed by atoms with Gasteiger partial charge in [0.15, 0.2) is 0 Å². The van der Waals surface area contributed by atoms with Crippen molar-refractivity contribution >= 4 is 43.3 Å². The van der Waals surface area contributed by atoms with Crippen molar-refractivity contribution in [3.63, 3.8) is 0 Å². The molecular formula is C24H20FN5O5S2. The molecule has 0 saturated heterocycles. The molecule has 2 N–H and O–H groups in total. The summed E-state index contributed by atoms with van der Waals surface area (Å²) in [6, 6.07) is 19.1. The van der Waals surface area contributed by atoms with Gasteiger partial charge in [0.05, 0.1) is 15.5 Å². The van der Waals surface area contributed by atoms with Crippen molar-refractivity contribution in [2.24, 2.45) is 0 Å². The Hall–Kier alpha value is -4.36. The Labute approximate surface area is 212 Å². The number of rotatable bonds is 9. The largest absolute Gasteiger partial charge is 0.325 e. The summed E-state index contributed by atoms with van der Waals surface area (Å²) in [4.78, 5) is 20.2. The average molecular weight is 542 g/mol. The number of anilines is 3. The lowest BCUT2D eigenvalue weighted by atomic mass is 10.3. The van der Waals surface area contributed by atoms with Gasteiger partial charge in [-0.25, -0.2) is 35.9 Å². The zero-order valence-corrected chi connectivity index (χ0v) is 20.7. The van der Waals surface area contributed by atoms with Gasteiger partial charge in [-0.1, -0.05) is 18.2 Å². The number of carbonyl (C=O) groups is 1. The third-order valence-electron chi connectivity index (χ3n) is 4.97. The Kier molecular flexibility index (Phi) is 7.45. The van der Waals surface area contributed by atoms with Gasteiger partial charge in [0.25, 0.3) is 20.0 Å². The molecule has 0 aliphatic heterocycles. The van der Waals surface area contributed by atoms with Gasteiger partial charge >= 0.3 is 0 Å². The molecule has 3 aromatic carbocycles. The Morgan fingerprint density at radius 3 is 2.00 bits per heavy atom. The van der Waals surface area contributed by atoms with Crippen molar-refractivity contribution < 1.29 is 26.0 Å². The number of nitrogens with one attached hydrogen (secondary N) is 2. The van der Waals surface area contributed by atoms with E-state index in [9.17, 15) is 26.0 Å². The predicted octanol–water partition coefficient (Wildman–Crippen LogP) is 3.25. The van der Waals surface area contributed by atoms with E-state index in [4.69, 9.17) is 0 Å².